The first-order valence-corrected chi connectivity index (χ1v) is 9.44. The third-order valence-corrected chi connectivity index (χ3v) is 5.59. The van der Waals surface area contributed by atoms with Crippen molar-refractivity contribution in [2.24, 2.45) is 0 Å². The van der Waals surface area contributed by atoms with Gasteiger partial charge in [-0.15, -0.1) is 0 Å². The molecule has 0 radical (unpaired) electrons. The van der Waals surface area contributed by atoms with Crippen molar-refractivity contribution in [3.63, 3.8) is 0 Å². The quantitative estimate of drug-likeness (QED) is 0.825. The van der Waals surface area contributed by atoms with Crippen LogP contribution in [0.2, 0.25) is 0 Å². The maximum absolute atomic E-state index is 10.8. The Balaban J connectivity index is 1.93. The molecular formula is C23H25NO3. The predicted octanol–water partition coefficient (Wildman–Crippen LogP) is 4.26. The lowest BCUT2D eigenvalue weighted by Crippen LogP contribution is -2.32. The first kappa shape index (κ1) is 19.0. The molecule has 1 N–H and O–H groups in total. The summed E-state index contributed by atoms with van der Waals surface area (Å²) in [6, 6.07) is 7.81. The molecule has 0 saturated heterocycles. The van der Waals surface area contributed by atoms with Crippen LogP contribution in [0.1, 0.15) is 61.1 Å². The number of carboxylic acid groups (broad SMARTS) is 1. The second-order valence-corrected chi connectivity index (χ2v) is 7.12. The largest absolute Gasteiger partial charge is 0.493 e. The number of aryl methyl sites for hydroxylation is 1. The third kappa shape index (κ3) is 3.98. The minimum atomic E-state index is -0.863. The van der Waals surface area contributed by atoms with Gasteiger partial charge in [-0.1, -0.05) is 25.8 Å². The van der Waals surface area contributed by atoms with E-state index in [2.05, 4.69) is 42.8 Å². The van der Waals surface area contributed by atoms with E-state index in [9.17, 15) is 4.79 Å². The maximum Gasteiger partial charge on any atom is 0.307 e. The van der Waals surface area contributed by atoms with E-state index >= 15 is 0 Å². The maximum atomic E-state index is 10.8. The van der Waals surface area contributed by atoms with Crippen LogP contribution in [0, 0.1) is 18.8 Å². The van der Waals surface area contributed by atoms with Crippen molar-refractivity contribution in [1.82, 2.24) is 4.98 Å². The lowest BCUT2D eigenvalue weighted by molar-refractivity contribution is -0.136. The highest BCUT2D eigenvalue weighted by atomic mass is 16.5. The average molecular weight is 363 g/mol. The Hall–Kier alpha value is -2.80. The number of ether oxygens (including phenoxy) is 1. The van der Waals surface area contributed by atoms with E-state index in [1.54, 1.807) is 18.3 Å². The number of rotatable bonds is 4. The van der Waals surface area contributed by atoms with Crippen LogP contribution in [-0.2, 0) is 16.6 Å². The van der Waals surface area contributed by atoms with E-state index in [1.165, 1.54) is 5.56 Å². The van der Waals surface area contributed by atoms with Gasteiger partial charge in [0.15, 0.2) is 0 Å². The summed E-state index contributed by atoms with van der Waals surface area (Å²) in [5.41, 5.74) is 4.81. The zero-order valence-corrected chi connectivity index (χ0v) is 16.1. The lowest BCUT2D eigenvalue weighted by atomic mass is 9.71. The van der Waals surface area contributed by atoms with Crippen LogP contribution < -0.4 is 4.74 Å². The Morgan fingerprint density at radius 2 is 2.04 bits per heavy atom. The summed E-state index contributed by atoms with van der Waals surface area (Å²) < 4.78 is 5.92. The minimum absolute atomic E-state index is 0.0270. The summed E-state index contributed by atoms with van der Waals surface area (Å²) in [6.45, 7) is 7.30. The van der Waals surface area contributed by atoms with Crippen molar-refractivity contribution >= 4 is 5.97 Å². The molecule has 3 rings (SSSR count). The zero-order valence-electron chi connectivity index (χ0n) is 16.1. The summed E-state index contributed by atoms with van der Waals surface area (Å²) in [7, 11) is 0. The van der Waals surface area contributed by atoms with Gasteiger partial charge in [0, 0.05) is 22.7 Å². The van der Waals surface area contributed by atoms with E-state index in [0.717, 1.165) is 42.7 Å². The van der Waals surface area contributed by atoms with Gasteiger partial charge in [-0.25, -0.2) is 4.98 Å². The molecule has 0 amide bonds. The molecule has 4 heteroatoms. The van der Waals surface area contributed by atoms with Gasteiger partial charge in [-0.3, -0.25) is 4.79 Å². The van der Waals surface area contributed by atoms with Crippen molar-refractivity contribution in [2.75, 3.05) is 6.61 Å². The number of carbonyl (C=O) groups is 1. The van der Waals surface area contributed by atoms with Crippen LogP contribution in [0.5, 0.6) is 5.75 Å². The Morgan fingerprint density at radius 1 is 1.26 bits per heavy atom. The fraction of sp³-hybridized carbons (Fsp3) is 0.391. The standard InChI is InChI=1S/C23H25NO3/c1-4-23(5-2)10-11-27-21-12-16(3)18(14-20(21)23)7-9-19-8-6-17(15-24-19)13-22(25)26/h6,8,12,14-15H,4-5,10-11,13H2,1-3H3,(H,25,26). The highest BCUT2D eigenvalue weighted by Crippen LogP contribution is 2.44. The number of aromatic nitrogens is 1. The highest BCUT2D eigenvalue weighted by molar-refractivity contribution is 5.70. The van der Waals surface area contributed by atoms with Gasteiger partial charge in [0.05, 0.1) is 13.0 Å². The van der Waals surface area contributed by atoms with Crippen LogP contribution in [0.3, 0.4) is 0 Å². The number of hydrogen-bond donors (Lipinski definition) is 1. The predicted molar refractivity (Wildman–Crippen MR) is 105 cm³/mol. The SMILES string of the molecule is CCC1(CC)CCOc2cc(C)c(C#Cc3ccc(CC(=O)O)cn3)cc21. The highest BCUT2D eigenvalue weighted by Gasteiger charge is 2.35. The molecule has 4 nitrogen and oxygen atoms in total. The second-order valence-electron chi connectivity index (χ2n) is 7.12. The molecule has 1 aromatic heterocycles. The zero-order chi connectivity index (χ0) is 19.4. The van der Waals surface area contributed by atoms with Crippen molar-refractivity contribution in [3.05, 3.63) is 58.4 Å². The van der Waals surface area contributed by atoms with E-state index < -0.39 is 5.97 Å². The molecule has 0 unspecified atom stereocenters. The number of fused-ring (bicyclic) bond motifs is 1. The molecule has 140 valence electrons. The third-order valence-electron chi connectivity index (χ3n) is 5.59. The van der Waals surface area contributed by atoms with Crippen molar-refractivity contribution in [1.29, 1.82) is 0 Å². The van der Waals surface area contributed by atoms with Crippen LogP contribution >= 0.6 is 0 Å². The summed E-state index contributed by atoms with van der Waals surface area (Å²) >= 11 is 0. The number of nitrogens with zero attached hydrogens (tertiary/aromatic N) is 1. The van der Waals surface area contributed by atoms with Crippen LogP contribution in [0.25, 0.3) is 0 Å². The molecule has 27 heavy (non-hydrogen) atoms. The minimum Gasteiger partial charge on any atom is -0.493 e. The Morgan fingerprint density at radius 3 is 2.67 bits per heavy atom. The molecule has 0 fully saturated rings. The van der Waals surface area contributed by atoms with E-state index in [-0.39, 0.29) is 11.8 Å². The molecular weight excluding hydrogens is 338 g/mol. The van der Waals surface area contributed by atoms with Crippen LogP contribution in [0.15, 0.2) is 30.5 Å². The summed E-state index contributed by atoms with van der Waals surface area (Å²) in [5, 5.41) is 8.83. The number of aliphatic carboxylic acids is 1. The van der Waals surface area contributed by atoms with Crippen molar-refractivity contribution in [3.8, 4) is 17.6 Å². The molecule has 2 aromatic rings. The molecule has 0 spiro atoms. The van der Waals surface area contributed by atoms with Gasteiger partial charge >= 0.3 is 5.97 Å². The van der Waals surface area contributed by atoms with E-state index in [1.807, 2.05) is 6.92 Å². The topological polar surface area (TPSA) is 59.4 Å². The van der Waals surface area contributed by atoms with E-state index in [0.29, 0.717) is 11.3 Å². The van der Waals surface area contributed by atoms with Gasteiger partial charge in [0.2, 0.25) is 0 Å². The molecule has 0 saturated carbocycles. The Labute approximate surface area is 160 Å². The number of carboxylic acids is 1. The molecule has 0 aliphatic carbocycles. The van der Waals surface area contributed by atoms with Gasteiger partial charge in [-0.2, -0.15) is 0 Å². The first-order chi connectivity index (χ1) is 13.0. The average Bonchev–Trinajstić information content (AvgIpc) is 2.66. The second kappa shape index (κ2) is 7.84. The Kier molecular flexibility index (Phi) is 5.51. The van der Waals surface area contributed by atoms with Crippen LogP contribution in [-0.4, -0.2) is 22.7 Å². The summed E-state index contributed by atoms with van der Waals surface area (Å²) in [5.74, 6) is 6.47. The van der Waals surface area contributed by atoms with Crippen LogP contribution in [0.4, 0.5) is 0 Å². The number of benzene rings is 1. The molecule has 2 heterocycles. The molecule has 0 bridgehead atoms. The molecule has 1 aliphatic rings. The van der Waals surface area contributed by atoms with Gasteiger partial charge in [0.1, 0.15) is 11.4 Å². The first-order valence-electron chi connectivity index (χ1n) is 9.44. The lowest BCUT2D eigenvalue weighted by Gasteiger charge is -2.38. The van der Waals surface area contributed by atoms with Crippen molar-refractivity contribution < 1.29 is 14.6 Å². The van der Waals surface area contributed by atoms with Gasteiger partial charge in [-0.05, 0) is 61.4 Å². The van der Waals surface area contributed by atoms with Crippen molar-refractivity contribution in [2.45, 2.75) is 51.9 Å². The normalized spacial score (nSPS) is 14.5. The number of pyridine rings is 1. The fourth-order valence-electron chi connectivity index (χ4n) is 3.73. The molecule has 1 aliphatic heterocycles. The summed E-state index contributed by atoms with van der Waals surface area (Å²) in [4.78, 5) is 15.0. The summed E-state index contributed by atoms with van der Waals surface area (Å²) in [6.07, 6.45) is 4.76. The van der Waals surface area contributed by atoms with Gasteiger partial charge < -0.3 is 9.84 Å². The smallest absolute Gasteiger partial charge is 0.307 e. The van der Waals surface area contributed by atoms with Gasteiger partial charge in [0.25, 0.3) is 0 Å². The van der Waals surface area contributed by atoms with E-state index in [4.69, 9.17) is 9.84 Å². The molecule has 1 aromatic carbocycles. The number of hydrogen-bond acceptors (Lipinski definition) is 3. The molecule has 0 atom stereocenters. The fourth-order valence-corrected chi connectivity index (χ4v) is 3.73. The Bertz CT molecular complexity index is 900. The monoisotopic (exact) mass is 363 g/mol.